The number of carboxylic acid groups (broad SMARTS) is 1. The Kier molecular flexibility index (Phi) is 2.73. The molecule has 5 nitrogen and oxygen atoms in total. The number of hydrogen-bond donors (Lipinski definition) is 2. The summed E-state index contributed by atoms with van der Waals surface area (Å²) in [5, 5.41) is 12.2. The van der Waals surface area contributed by atoms with Gasteiger partial charge in [0.1, 0.15) is 0 Å². The first-order valence-corrected chi connectivity index (χ1v) is 5.15. The molecular weight excluding hydrogens is 194 g/mol. The number of nitrogens with zero attached hydrogens (tertiary/aromatic N) is 2. The Morgan fingerprint density at radius 3 is 2.93 bits per heavy atom. The molecular formula is C10H15N3O2. The smallest absolute Gasteiger partial charge is 0.372 e. The van der Waals surface area contributed by atoms with Crippen molar-refractivity contribution >= 4 is 5.97 Å². The van der Waals surface area contributed by atoms with E-state index in [0.29, 0.717) is 12.6 Å². The van der Waals surface area contributed by atoms with Crippen LogP contribution in [-0.2, 0) is 13.6 Å². The molecule has 1 heterocycles. The van der Waals surface area contributed by atoms with Crippen LogP contribution in [0.5, 0.6) is 0 Å². The molecule has 0 aliphatic heterocycles. The van der Waals surface area contributed by atoms with Gasteiger partial charge < -0.3 is 15.0 Å². The number of aromatic carboxylic acids is 1. The van der Waals surface area contributed by atoms with Crippen molar-refractivity contribution < 1.29 is 9.90 Å². The van der Waals surface area contributed by atoms with E-state index >= 15 is 0 Å². The van der Waals surface area contributed by atoms with E-state index in [1.807, 2.05) is 0 Å². The number of aromatic nitrogens is 2. The lowest BCUT2D eigenvalue weighted by atomic mass is 9.93. The van der Waals surface area contributed by atoms with Crippen molar-refractivity contribution in [2.24, 2.45) is 7.05 Å². The molecule has 15 heavy (non-hydrogen) atoms. The summed E-state index contributed by atoms with van der Waals surface area (Å²) in [4.78, 5) is 14.6. The molecule has 5 heteroatoms. The molecule has 0 aromatic carbocycles. The summed E-state index contributed by atoms with van der Waals surface area (Å²) in [6, 6.07) is 0.605. The van der Waals surface area contributed by atoms with E-state index in [1.165, 1.54) is 19.3 Å². The number of carboxylic acids is 1. The van der Waals surface area contributed by atoms with Crippen molar-refractivity contribution in [1.82, 2.24) is 14.9 Å². The van der Waals surface area contributed by atoms with Gasteiger partial charge in [0.15, 0.2) is 0 Å². The van der Waals surface area contributed by atoms with Gasteiger partial charge in [0.25, 0.3) is 0 Å². The number of nitrogens with one attached hydrogen (secondary N) is 1. The number of carbonyl (C=O) groups is 1. The van der Waals surface area contributed by atoms with Crippen LogP contribution in [0.2, 0.25) is 0 Å². The third kappa shape index (κ3) is 2.02. The van der Waals surface area contributed by atoms with E-state index in [4.69, 9.17) is 5.11 Å². The zero-order valence-corrected chi connectivity index (χ0v) is 8.73. The normalized spacial score (nSPS) is 16.3. The van der Waals surface area contributed by atoms with Crippen molar-refractivity contribution in [1.29, 1.82) is 0 Å². The first kappa shape index (κ1) is 10.2. The maximum atomic E-state index is 10.7. The van der Waals surface area contributed by atoms with Crippen LogP contribution in [0.4, 0.5) is 0 Å². The molecule has 82 valence electrons. The topological polar surface area (TPSA) is 67.2 Å². The van der Waals surface area contributed by atoms with Gasteiger partial charge in [-0.15, -0.1) is 0 Å². The summed E-state index contributed by atoms with van der Waals surface area (Å²) < 4.78 is 1.62. The second-order valence-corrected chi connectivity index (χ2v) is 3.95. The van der Waals surface area contributed by atoms with Gasteiger partial charge in [0, 0.05) is 19.6 Å². The van der Waals surface area contributed by atoms with Crippen molar-refractivity contribution in [3.63, 3.8) is 0 Å². The second kappa shape index (κ2) is 4.02. The summed E-state index contributed by atoms with van der Waals surface area (Å²) in [6.07, 6.45) is 5.37. The quantitative estimate of drug-likeness (QED) is 0.768. The van der Waals surface area contributed by atoms with E-state index < -0.39 is 5.97 Å². The van der Waals surface area contributed by atoms with Crippen molar-refractivity contribution in [2.75, 3.05) is 0 Å². The van der Waals surface area contributed by atoms with Crippen LogP contribution in [-0.4, -0.2) is 26.7 Å². The maximum absolute atomic E-state index is 10.7. The third-order valence-electron chi connectivity index (χ3n) is 2.95. The lowest BCUT2D eigenvalue weighted by molar-refractivity contribution is 0.0679. The lowest BCUT2D eigenvalue weighted by Gasteiger charge is -2.26. The van der Waals surface area contributed by atoms with Gasteiger partial charge in [-0.1, -0.05) is 6.42 Å². The van der Waals surface area contributed by atoms with Crippen molar-refractivity contribution in [3.05, 3.63) is 17.7 Å². The Bertz CT molecular complexity index is 369. The van der Waals surface area contributed by atoms with Crippen molar-refractivity contribution in [3.8, 4) is 0 Å². The van der Waals surface area contributed by atoms with E-state index in [1.54, 1.807) is 17.8 Å². The Labute approximate surface area is 88.1 Å². The summed E-state index contributed by atoms with van der Waals surface area (Å²) >= 11 is 0. The van der Waals surface area contributed by atoms with Gasteiger partial charge >= 0.3 is 5.97 Å². The van der Waals surface area contributed by atoms with Crippen LogP contribution in [0, 0.1) is 0 Å². The van der Waals surface area contributed by atoms with E-state index in [2.05, 4.69) is 10.3 Å². The van der Waals surface area contributed by atoms with Gasteiger partial charge in [0.2, 0.25) is 5.82 Å². The fourth-order valence-corrected chi connectivity index (χ4v) is 1.67. The minimum Gasteiger partial charge on any atom is -0.475 e. The Morgan fingerprint density at radius 1 is 1.73 bits per heavy atom. The highest BCUT2D eigenvalue weighted by Crippen LogP contribution is 2.18. The van der Waals surface area contributed by atoms with Crippen LogP contribution < -0.4 is 5.32 Å². The van der Waals surface area contributed by atoms with Crippen molar-refractivity contribution in [2.45, 2.75) is 31.8 Å². The Hall–Kier alpha value is -1.36. The van der Waals surface area contributed by atoms with Crippen LogP contribution in [0.15, 0.2) is 6.20 Å². The molecule has 0 spiro atoms. The molecule has 1 aromatic heterocycles. The van der Waals surface area contributed by atoms with Gasteiger partial charge in [-0.3, -0.25) is 0 Å². The molecule has 1 saturated carbocycles. The lowest BCUT2D eigenvalue weighted by Crippen LogP contribution is -2.35. The molecule has 0 radical (unpaired) electrons. The minimum atomic E-state index is -0.979. The largest absolute Gasteiger partial charge is 0.475 e. The SMILES string of the molecule is Cn1c(CNC2CCC2)cnc1C(=O)O. The fourth-order valence-electron chi connectivity index (χ4n) is 1.67. The second-order valence-electron chi connectivity index (χ2n) is 3.95. The maximum Gasteiger partial charge on any atom is 0.372 e. The molecule has 1 aromatic rings. The number of hydrogen-bond acceptors (Lipinski definition) is 3. The molecule has 1 aliphatic rings. The first-order valence-electron chi connectivity index (χ1n) is 5.15. The van der Waals surface area contributed by atoms with E-state index in [-0.39, 0.29) is 5.82 Å². The highest BCUT2D eigenvalue weighted by Gasteiger charge is 2.18. The average molecular weight is 209 g/mol. The zero-order valence-electron chi connectivity index (χ0n) is 8.73. The Morgan fingerprint density at radius 2 is 2.47 bits per heavy atom. The number of rotatable bonds is 4. The summed E-state index contributed by atoms with van der Waals surface area (Å²) in [5.41, 5.74) is 0.916. The Balaban J connectivity index is 1.98. The highest BCUT2D eigenvalue weighted by molar-refractivity contribution is 5.83. The van der Waals surface area contributed by atoms with Gasteiger partial charge in [-0.05, 0) is 12.8 Å². The molecule has 2 N–H and O–H groups in total. The molecule has 0 amide bonds. The molecule has 2 rings (SSSR count). The zero-order chi connectivity index (χ0) is 10.8. The molecule has 1 fully saturated rings. The predicted molar refractivity (Wildman–Crippen MR) is 54.6 cm³/mol. The first-order chi connectivity index (χ1) is 7.18. The van der Waals surface area contributed by atoms with Gasteiger partial charge in [0.05, 0.1) is 11.9 Å². The summed E-state index contributed by atoms with van der Waals surface area (Å²) in [6.45, 7) is 0.696. The van der Waals surface area contributed by atoms with E-state index in [9.17, 15) is 4.79 Å². The molecule has 1 aliphatic carbocycles. The predicted octanol–water partition coefficient (Wildman–Crippen LogP) is 0.760. The average Bonchev–Trinajstić information content (AvgIpc) is 2.45. The van der Waals surface area contributed by atoms with Crippen LogP contribution >= 0.6 is 0 Å². The minimum absolute atomic E-state index is 0.0976. The monoisotopic (exact) mass is 209 g/mol. The molecule has 0 unspecified atom stereocenters. The molecule has 0 saturated heterocycles. The van der Waals surface area contributed by atoms with E-state index in [0.717, 1.165) is 5.69 Å². The molecule has 0 atom stereocenters. The third-order valence-corrected chi connectivity index (χ3v) is 2.95. The van der Waals surface area contributed by atoms with Gasteiger partial charge in [-0.25, -0.2) is 9.78 Å². The fraction of sp³-hybridized carbons (Fsp3) is 0.600. The highest BCUT2D eigenvalue weighted by atomic mass is 16.4. The summed E-state index contributed by atoms with van der Waals surface area (Å²) in [5.74, 6) is -0.882. The van der Waals surface area contributed by atoms with Gasteiger partial charge in [-0.2, -0.15) is 0 Å². The van der Waals surface area contributed by atoms with Crippen LogP contribution in [0.25, 0.3) is 0 Å². The van der Waals surface area contributed by atoms with Crippen LogP contribution in [0.3, 0.4) is 0 Å². The van der Waals surface area contributed by atoms with Crippen LogP contribution in [0.1, 0.15) is 35.6 Å². The standard InChI is InChI=1S/C10H15N3O2/c1-13-8(5-11-7-3-2-4-7)6-12-9(13)10(14)15/h6-7,11H,2-5H2,1H3,(H,14,15). The number of imidazole rings is 1. The summed E-state index contributed by atoms with van der Waals surface area (Å²) in [7, 11) is 1.73. The molecule has 0 bridgehead atoms.